The number of nitrogens with one attached hydrogen (secondary N) is 1. The molecule has 0 aliphatic rings. The van der Waals surface area contributed by atoms with Crippen LogP contribution in [0.2, 0.25) is 0 Å². The molecule has 0 saturated carbocycles. The Morgan fingerprint density at radius 2 is 2.12 bits per heavy atom. The molecule has 0 aliphatic heterocycles. The maximum atomic E-state index is 11.4. The molecule has 0 unspecified atom stereocenters. The molecule has 6 nitrogen and oxygen atoms in total. The zero-order valence-electron chi connectivity index (χ0n) is 9.66. The maximum Gasteiger partial charge on any atom is 0.415 e. The number of rotatable bonds is 2. The Bertz CT molecular complexity index is 403. The summed E-state index contributed by atoms with van der Waals surface area (Å²) in [4.78, 5) is 22.0. The fraction of sp³-hybridized carbons (Fsp3) is 0.500. The Kier molecular flexibility index (Phi) is 3.31. The van der Waals surface area contributed by atoms with Gasteiger partial charge in [-0.3, -0.25) is 4.79 Å². The van der Waals surface area contributed by atoms with E-state index < -0.39 is 11.6 Å². The quantitative estimate of drug-likeness (QED) is 0.776. The van der Waals surface area contributed by atoms with Crippen LogP contribution in [0.4, 0.5) is 4.79 Å². The van der Waals surface area contributed by atoms with Crippen molar-refractivity contribution in [3.63, 3.8) is 0 Å². The van der Waals surface area contributed by atoms with E-state index in [1.54, 1.807) is 27.7 Å². The summed E-state index contributed by atoms with van der Waals surface area (Å²) in [6.07, 6.45) is -0.155. The van der Waals surface area contributed by atoms with Crippen LogP contribution in [0, 0.1) is 6.92 Å². The number of amides is 1. The van der Waals surface area contributed by atoms with Gasteiger partial charge in [0.15, 0.2) is 6.29 Å². The highest BCUT2D eigenvalue weighted by Crippen LogP contribution is 2.19. The number of carbonyl (C=O) groups is 2. The van der Waals surface area contributed by atoms with Crippen LogP contribution in [0.25, 0.3) is 0 Å². The Morgan fingerprint density at radius 3 is 2.62 bits per heavy atom. The Morgan fingerprint density at radius 1 is 1.50 bits per heavy atom. The number of aldehydes is 1. The molecule has 0 atom stereocenters. The molecule has 0 saturated heterocycles. The normalized spacial score (nSPS) is 11.0. The third kappa shape index (κ3) is 3.08. The van der Waals surface area contributed by atoms with E-state index in [2.05, 4.69) is 10.5 Å². The second-order valence-electron chi connectivity index (χ2n) is 4.35. The summed E-state index contributed by atoms with van der Waals surface area (Å²) >= 11 is 0. The van der Waals surface area contributed by atoms with Crippen LogP contribution in [0.3, 0.4) is 0 Å². The van der Waals surface area contributed by atoms with Crippen molar-refractivity contribution in [2.75, 3.05) is 0 Å². The summed E-state index contributed by atoms with van der Waals surface area (Å²) in [6, 6.07) is 0. The number of aryl methyl sites for hydroxylation is 1. The molecular weight excluding hydrogens is 212 g/mol. The van der Waals surface area contributed by atoms with Crippen molar-refractivity contribution in [2.45, 2.75) is 33.2 Å². The molecule has 88 valence electrons. The van der Waals surface area contributed by atoms with Gasteiger partial charge in [0.05, 0.1) is 5.69 Å². The fourth-order valence-electron chi connectivity index (χ4n) is 0.979. The molecule has 0 spiro atoms. The third-order valence-corrected chi connectivity index (χ3v) is 1.66. The number of ether oxygens (including phenoxy) is 1. The smallest absolute Gasteiger partial charge is 0.374 e. The molecule has 1 heterocycles. The van der Waals surface area contributed by atoms with Gasteiger partial charge >= 0.3 is 12.0 Å². The lowest BCUT2D eigenvalue weighted by molar-refractivity contribution is 0.111. The van der Waals surface area contributed by atoms with Gasteiger partial charge in [0.2, 0.25) is 0 Å². The molecule has 1 aromatic rings. The van der Waals surface area contributed by atoms with E-state index in [9.17, 15) is 9.59 Å². The lowest BCUT2D eigenvalue weighted by Gasteiger charge is -2.19. The van der Waals surface area contributed by atoms with Gasteiger partial charge in [-0.05, 0) is 27.7 Å². The maximum absolute atomic E-state index is 11.4. The largest absolute Gasteiger partial charge is 0.415 e. The molecule has 16 heavy (non-hydrogen) atoms. The van der Waals surface area contributed by atoms with Gasteiger partial charge in [-0.25, -0.2) is 4.79 Å². The van der Waals surface area contributed by atoms with Gasteiger partial charge < -0.3 is 14.6 Å². The van der Waals surface area contributed by atoms with E-state index >= 15 is 0 Å². The van der Waals surface area contributed by atoms with Crippen LogP contribution in [0.15, 0.2) is 4.52 Å². The summed E-state index contributed by atoms with van der Waals surface area (Å²) < 4.78 is 9.53. The number of nitrogens with zero attached hydrogens (tertiary/aromatic N) is 1. The highest BCUT2D eigenvalue weighted by Gasteiger charge is 2.20. The average molecular weight is 226 g/mol. The predicted molar refractivity (Wildman–Crippen MR) is 55.5 cm³/mol. The van der Waals surface area contributed by atoms with Crippen LogP contribution in [-0.2, 0) is 0 Å². The second-order valence-corrected chi connectivity index (χ2v) is 4.35. The first-order valence-corrected chi connectivity index (χ1v) is 4.75. The third-order valence-electron chi connectivity index (χ3n) is 1.66. The highest BCUT2D eigenvalue weighted by atomic mass is 16.7. The van der Waals surface area contributed by atoms with E-state index in [4.69, 9.17) is 9.26 Å². The minimum Gasteiger partial charge on any atom is -0.374 e. The van der Waals surface area contributed by atoms with Crippen LogP contribution in [0.1, 0.15) is 36.8 Å². The van der Waals surface area contributed by atoms with Crippen molar-refractivity contribution < 1.29 is 18.8 Å². The summed E-state index contributed by atoms with van der Waals surface area (Å²) in [5, 5.41) is 6.09. The minimum absolute atomic E-state index is 0.143. The van der Waals surface area contributed by atoms with Gasteiger partial charge in [0.25, 0.3) is 0 Å². The van der Waals surface area contributed by atoms with Gasteiger partial charge in [-0.1, -0.05) is 5.16 Å². The van der Waals surface area contributed by atoms with Crippen LogP contribution in [0.5, 0.6) is 5.95 Å². The van der Waals surface area contributed by atoms with E-state index in [-0.39, 0.29) is 11.5 Å². The highest BCUT2D eigenvalue weighted by molar-refractivity contribution is 5.81. The van der Waals surface area contributed by atoms with E-state index in [1.807, 2.05) is 0 Å². The lowest BCUT2D eigenvalue weighted by Crippen LogP contribution is -2.42. The first-order valence-electron chi connectivity index (χ1n) is 4.75. The van der Waals surface area contributed by atoms with Crippen LogP contribution < -0.4 is 10.1 Å². The lowest BCUT2D eigenvalue weighted by atomic mass is 10.1. The Labute approximate surface area is 92.9 Å². The van der Waals surface area contributed by atoms with Crippen molar-refractivity contribution in [3.05, 3.63) is 11.3 Å². The molecule has 0 aliphatic carbocycles. The Balaban J connectivity index is 2.74. The first-order chi connectivity index (χ1) is 7.33. The zero-order valence-corrected chi connectivity index (χ0v) is 9.66. The average Bonchev–Trinajstić information content (AvgIpc) is 2.43. The SMILES string of the molecule is Cc1noc(OC(=O)NC(C)(C)C)c1C=O. The second kappa shape index (κ2) is 4.34. The Hall–Kier alpha value is -1.85. The molecule has 0 fully saturated rings. The first kappa shape index (κ1) is 12.2. The number of hydrogen-bond donors (Lipinski definition) is 1. The topological polar surface area (TPSA) is 81.4 Å². The molecule has 1 aromatic heterocycles. The monoisotopic (exact) mass is 226 g/mol. The summed E-state index contributed by atoms with van der Waals surface area (Å²) in [5.74, 6) is -0.186. The molecule has 0 aromatic carbocycles. The van der Waals surface area contributed by atoms with Crippen molar-refractivity contribution in [2.24, 2.45) is 0 Å². The number of aromatic nitrogens is 1. The van der Waals surface area contributed by atoms with E-state index in [0.29, 0.717) is 12.0 Å². The summed E-state index contributed by atoms with van der Waals surface area (Å²) in [6.45, 7) is 7.00. The molecule has 1 N–H and O–H groups in total. The van der Waals surface area contributed by atoms with Gasteiger partial charge in [0.1, 0.15) is 5.56 Å². The summed E-state index contributed by atoms with van der Waals surface area (Å²) in [7, 11) is 0. The van der Waals surface area contributed by atoms with Crippen LogP contribution >= 0.6 is 0 Å². The molecule has 0 bridgehead atoms. The van der Waals surface area contributed by atoms with E-state index in [1.165, 1.54) is 0 Å². The standard InChI is InChI=1S/C10H14N2O4/c1-6-7(5-13)8(16-12-6)15-9(14)11-10(2,3)4/h5H,1-4H3,(H,11,14). The van der Waals surface area contributed by atoms with Gasteiger partial charge in [-0.2, -0.15) is 0 Å². The van der Waals surface area contributed by atoms with Gasteiger partial charge in [-0.15, -0.1) is 0 Å². The fourth-order valence-corrected chi connectivity index (χ4v) is 0.979. The number of carbonyl (C=O) groups excluding carboxylic acids is 2. The zero-order chi connectivity index (χ0) is 12.3. The molecule has 0 radical (unpaired) electrons. The van der Waals surface area contributed by atoms with Crippen molar-refractivity contribution >= 4 is 12.4 Å². The molecular formula is C10H14N2O4. The van der Waals surface area contributed by atoms with Gasteiger partial charge in [0, 0.05) is 5.54 Å². The molecule has 1 rings (SSSR count). The van der Waals surface area contributed by atoms with Crippen molar-refractivity contribution in [3.8, 4) is 5.95 Å². The summed E-state index contributed by atoms with van der Waals surface area (Å²) in [5.41, 5.74) is 0.102. The number of hydrogen-bond acceptors (Lipinski definition) is 5. The van der Waals surface area contributed by atoms with E-state index in [0.717, 1.165) is 0 Å². The minimum atomic E-state index is -0.688. The van der Waals surface area contributed by atoms with Crippen molar-refractivity contribution in [1.29, 1.82) is 0 Å². The predicted octanol–water partition coefficient (Wildman–Crippen LogP) is 1.68. The van der Waals surface area contributed by atoms with Crippen LogP contribution in [-0.4, -0.2) is 23.1 Å². The molecule has 6 heteroatoms. The molecule has 1 amide bonds. The van der Waals surface area contributed by atoms with Crippen molar-refractivity contribution in [1.82, 2.24) is 10.5 Å².